The van der Waals surface area contributed by atoms with Crippen LogP contribution in [0.15, 0.2) is 39.3 Å². The first-order valence-electron chi connectivity index (χ1n) is 10.3. The fourth-order valence-electron chi connectivity index (χ4n) is 3.58. The summed E-state index contributed by atoms with van der Waals surface area (Å²) in [6.07, 6.45) is -2.24. The Bertz CT molecular complexity index is 1160. The van der Waals surface area contributed by atoms with Crippen molar-refractivity contribution >= 4 is 54.8 Å². The first-order valence-corrected chi connectivity index (χ1v) is 11.9. The lowest BCUT2D eigenvalue weighted by Crippen LogP contribution is -2.42. The lowest BCUT2D eigenvalue weighted by molar-refractivity contribution is -0.142. The minimum Gasteiger partial charge on any atom is -0.479 e. The Morgan fingerprint density at radius 3 is 2.27 bits per heavy atom. The van der Waals surface area contributed by atoms with Gasteiger partial charge in [0.2, 0.25) is 6.17 Å². The van der Waals surface area contributed by atoms with Crippen LogP contribution in [0.2, 0.25) is 0 Å². The molecule has 1 aromatic heterocycles. The van der Waals surface area contributed by atoms with Crippen LogP contribution in [0, 0.1) is 0 Å². The zero-order valence-corrected chi connectivity index (χ0v) is 21.7. The number of rotatable bonds is 8. The van der Waals surface area contributed by atoms with E-state index < -0.39 is 12.1 Å². The lowest BCUT2D eigenvalue weighted by atomic mass is 10.1. The predicted molar refractivity (Wildman–Crippen MR) is 131 cm³/mol. The number of nitrogens with one attached hydrogen (secondary N) is 1. The molecule has 1 atom stereocenters. The number of carbonyl (C=O) groups excluding carboxylic acids is 1. The Labute approximate surface area is 207 Å². The Morgan fingerprint density at radius 2 is 1.73 bits per heavy atom. The van der Waals surface area contributed by atoms with E-state index in [0.29, 0.717) is 37.0 Å². The molecule has 0 fully saturated rings. The number of carboxylic acid groups (broad SMARTS) is 1. The molecule has 2 N–H and O–H groups in total. The molecule has 0 bridgehead atoms. The summed E-state index contributed by atoms with van der Waals surface area (Å²) in [5, 5.41) is 8.78. The quantitative estimate of drug-likeness (QED) is 0.333. The molecule has 1 amide bonds. The van der Waals surface area contributed by atoms with Crippen LogP contribution in [0.4, 0.5) is 4.39 Å². The van der Waals surface area contributed by atoms with Gasteiger partial charge < -0.3 is 19.7 Å². The number of H-pyrrole nitrogens is 1. The molecule has 1 unspecified atom stereocenters. The summed E-state index contributed by atoms with van der Waals surface area (Å²) >= 11 is 6.81. The molecule has 0 spiro atoms. The van der Waals surface area contributed by atoms with Gasteiger partial charge in [-0.15, -0.1) is 0 Å². The summed E-state index contributed by atoms with van der Waals surface area (Å²) in [5.74, 6) is -0.468. The van der Waals surface area contributed by atoms with Gasteiger partial charge in [-0.25, -0.2) is 14.2 Å². The van der Waals surface area contributed by atoms with Gasteiger partial charge in [0.1, 0.15) is 5.75 Å². The number of ether oxygens (including phenoxy) is 1. The molecule has 0 saturated carbocycles. The standard InChI is InChI=1S/C23H24Br2FN3O4/c1-11(2)29(12(3)4)22(30)21-27-18-6-5-14(10-19(18)28-21)33-20-15(24)7-13(8-16(20)25)9-17(26)23(31)32/h5-8,10-12,17H,9H2,1-4H3,(H,27,28)(H,31,32). The van der Waals surface area contributed by atoms with Crippen LogP contribution in [0.5, 0.6) is 11.5 Å². The summed E-state index contributed by atoms with van der Waals surface area (Å²) in [6, 6.07) is 8.53. The Kier molecular flexibility index (Phi) is 7.79. The number of hydrogen-bond acceptors (Lipinski definition) is 4. The van der Waals surface area contributed by atoms with Crippen molar-refractivity contribution in [1.29, 1.82) is 0 Å². The van der Waals surface area contributed by atoms with E-state index in [1.807, 2.05) is 27.7 Å². The number of halogens is 3. The fraction of sp³-hybridized carbons (Fsp3) is 0.348. The smallest absolute Gasteiger partial charge is 0.338 e. The number of aromatic nitrogens is 2. The van der Waals surface area contributed by atoms with Crippen LogP contribution in [-0.4, -0.2) is 50.1 Å². The first-order chi connectivity index (χ1) is 15.5. The third kappa shape index (κ3) is 5.73. The minimum absolute atomic E-state index is 0.0328. The van der Waals surface area contributed by atoms with Gasteiger partial charge >= 0.3 is 5.97 Å². The van der Waals surface area contributed by atoms with Crippen molar-refractivity contribution in [2.45, 2.75) is 52.4 Å². The van der Waals surface area contributed by atoms with Gasteiger partial charge in [-0.3, -0.25) is 4.79 Å². The number of carbonyl (C=O) groups is 2. The molecule has 2 aromatic carbocycles. The number of aromatic amines is 1. The monoisotopic (exact) mass is 583 g/mol. The number of amides is 1. The molecule has 33 heavy (non-hydrogen) atoms. The highest BCUT2D eigenvalue weighted by Gasteiger charge is 2.24. The third-order valence-electron chi connectivity index (χ3n) is 4.96. The van der Waals surface area contributed by atoms with Crippen LogP contribution >= 0.6 is 31.9 Å². The zero-order valence-electron chi connectivity index (χ0n) is 18.5. The number of fused-ring (bicyclic) bond motifs is 1. The number of benzene rings is 2. The second-order valence-corrected chi connectivity index (χ2v) is 9.87. The number of imidazole rings is 1. The van der Waals surface area contributed by atoms with Crippen molar-refractivity contribution in [2.24, 2.45) is 0 Å². The Balaban J connectivity index is 1.86. The van der Waals surface area contributed by atoms with Crippen molar-refractivity contribution in [3.63, 3.8) is 0 Å². The van der Waals surface area contributed by atoms with Gasteiger partial charge in [-0.1, -0.05) is 0 Å². The average Bonchev–Trinajstić information content (AvgIpc) is 3.13. The van der Waals surface area contributed by atoms with Gasteiger partial charge in [0, 0.05) is 24.6 Å². The van der Waals surface area contributed by atoms with E-state index in [1.165, 1.54) is 0 Å². The van der Waals surface area contributed by atoms with E-state index in [0.717, 1.165) is 0 Å². The van der Waals surface area contributed by atoms with E-state index >= 15 is 0 Å². The normalized spacial score (nSPS) is 12.4. The average molecular weight is 585 g/mol. The fourth-order valence-corrected chi connectivity index (χ4v) is 5.02. The maximum Gasteiger partial charge on any atom is 0.338 e. The molecule has 0 saturated heterocycles. The predicted octanol–water partition coefficient (Wildman–Crippen LogP) is 6.10. The maximum absolute atomic E-state index is 13.6. The van der Waals surface area contributed by atoms with E-state index in [1.54, 1.807) is 35.2 Å². The van der Waals surface area contributed by atoms with Crippen LogP contribution in [0.1, 0.15) is 43.9 Å². The Morgan fingerprint density at radius 1 is 1.12 bits per heavy atom. The number of nitrogens with zero attached hydrogens (tertiary/aromatic N) is 2. The molecule has 7 nitrogen and oxygen atoms in total. The van der Waals surface area contributed by atoms with E-state index in [2.05, 4.69) is 41.8 Å². The van der Waals surface area contributed by atoms with Gasteiger partial charge in [-0.2, -0.15) is 0 Å². The summed E-state index contributed by atoms with van der Waals surface area (Å²) < 4.78 is 20.6. The third-order valence-corrected chi connectivity index (χ3v) is 6.14. The molecule has 0 radical (unpaired) electrons. The van der Waals surface area contributed by atoms with Crippen molar-refractivity contribution < 1.29 is 23.8 Å². The minimum atomic E-state index is -1.99. The molecule has 0 aliphatic heterocycles. The second kappa shape index (κ2) is 10.2. The van der Waals surface area contributed by atoms with Crippen LogP contribution in [-0.2, 0) is 11.2 Å². The molecule has 0 aliphatic carbocycles. The zero-order chi connectivity index (χ0) is 24.4. The van der Waals surface area contributed by atoms with Gasteiger partial charge in [0.25, 0.3) is 5.91 Å². The number of alkyl halides is 1. The Hall–Kier alpha value is -2.46. The van der Waals surface area contributed by atoms with E-state index in [4.69, 9.17) is 9.84 Å². The summed E-state index contributed by atoms with van der Waals surface area (Å²) in [6.45, 7) is 7.84. The van der Waals surface area contributed by atoms with Gasteiger partial charge in [0.05, 0.1) is 20.0 Å². The van der Waals surface area contributed by atoms with Crippen molar-refractivity contribution in [3.8, 4) is 11.5 Å². The maximum atomic E-state index is 13.6. The second-order valence-electron chi connectivity index (χ2n) is 8.16. The van der Waals surface area contributed by atoms with Crippen molar-refractivity contribution in [3.05, 3.63) is 50.7 Å². The topological polar surface area (TPSA) is 95.5 Å². The first kappa shape index (κ1) is 25.2. The number of aliphatic carboxylic acids is 1. The molecule has 176 valence electrons. The largest absolute Gasteiger partial charge is 0.479 e. The molecule has 0 aliphatic rings. The summed E-state index contributed by atoms with van der Waals surface area (Å²) in [7, 11) is 0. The molecular formula is C23H24Br2FN3O4. The van der Waals surface area contributed by atoms with Crippen molar-refractivity contribution in [2.75, 3.05) is 0 Å². The molecule has 3 rings (SSSR count). The molecule has 1 heterocycles. The SMILES string of the molecule is CC(C)N(C(=O)c1nc2ccc(Oc3c(Br)cc(CC(F)C(=O)O)cc3Br)cc2[nH]1)C(C)C. The van der Waals surface area contributed by atoms with Gasteiger partial charge in [-0.05, 0) is 89.4 Å². The van der Waals surface area contributed by atoms with Crippen LogP contribution < -0.4 is 4.74 Å². The van der Waals surface area contributed by atoms with Crippen LogP contribution in [0.3, 0.4) is 0 Å². The van der Waals surface area contributed by atoms with Crippen LogP contribution in [0.25, 0.3) is 11.0 Å². The number of hydrogen-bond donors (Lipinski definition) is 2. The lowest BCUT2D eigenvalue weighted by Gasteiger charge is -2.29. The molecule has 10 heteroatoms. The summed E-state index contributed by atoms with van der Waals surface area (Å²) in [4.78, 5) is 33.0. The highest BCUT2D eigenvalue weighted by molar-refractivity contribution is 9.11. The van der Waals surface area contributed by atoms with Gasteiger partial charge in [0.15, 0.2) is 11.6 Å². The van der Waals surface area contributed by atoms with E-state index in [-0.39, 0.29) is 30.2 Å². The highest BCUT2D eigenvalue weighted by Crippen LogP contribution is 2.38. The number of carboxylic acids is 1. The molecular weight excluding hydrogens is 561 g/mol. The summed E-state index contributed by atoms with van der Waals surface area (Å²) in [5.41, 5.74) is 1.78. The molecule has 3 aromatic rings. The van der Waals surface area contributed by atoms with E-state index in [9.17, 15) is 14.0 Å². The highest BCUT2D eigenvalue weighted by atomic mass is 79.9. The van der Waals surface area contributed by atoms with Crippen molar-refractivity contribution in [1.82, 2.24) is 14.9 Å².